The van der Waals surface area contributed by atoms with E-state index in [0.29, 0.717) is 5.02 Å². The van der Waals surface area contributed by atoms with Crippen molar-refractivity contribution in [2.75, 3.05) is 20.2 Å². The van der Waals surface area contributed by atoms with Crippen molar-refractivity contribution in [3.8, 4) is 0 Å². The number of carbonyl (C=O) groups is 3. The molecule has 1 N–H and O–H groups in total. The maximum Gasteiger partial charge on any atom is 0.240 e. The van der Waals surface area contributed by atoms with Crippen LogP contribution < -0.4 is 5.32 Å². The molecule has 1 atom stereocenters. The monoisotopic (exact) mass is 338 g/mol. The van der Waals surface area contributed by atoms with Gasteiger partial charge in [0.15, 0.2) is 0 Å². The van der Waals surface area contributed by atoms with E-state index in [-0.39, 0.29) is 37.7 Å². The van der Waals surface area contributed by atoms with Gasteiger partial charge in [-0.25, -0.2) is 0 Å². The normalized spacial score (nSPS) is 17.3. The quantitative estimate of drug-likeness (QED) is 0.797. The van der Waals surface area contributed by atoms with Crippen LogP contribution in [0.2, 0.25) is 5.02 Å². The fourth-order valence-corrected chi connectivity index (χ4v) is 2.57. The van der Waals surface area contributed by atoms with E-state index in [9.17, 15) is 14.4 Å². The number of likely N-dealkylation sites (tertiary alicyclic amines) is 1. The summed E-state index contributed by atoms with van der Waals surface area (Å²) in [5, 5.41) is 3.28. The summed E-state index contributed by atoms with van der Waals surface area (Å²) in [5.41, 5.74) is 0.0562. The van der Waals surface area contributed by atoms with E-state index in [1.807, 2.05) is 13.0 Å². The van der Waals surface area contributed by atoms with Crippen LogP contribution in [0.4, 0.5) is 0 Å². The van der Waals surface area contributed by atoms with Gasteiger partial charge in [0.25, 0.3) is 0 Å². The average molecular weight is 339 g/mol. The molecule has 1 heterocycles. The minimum absolute atomic E-state index is 0.171. The van der Waals surface area contributed by atoms with Gasteiger partial charge in [-0.1, -0.05) is 23.7 Å². The fourth-order valence-electron chi connectivity index (χ4n) is 2.38. The Balaban J connectivity index is 1.98. The third-order valence-corrected chi connectivity index (χ3v) is 4.20. The van der Waals surface area contributed by atoms with Crippen LogP contribution in [0.15, 0.2) is 24.3 Å². The number of amides is 3. The van der Waals surface area contributed by atoms with Crippen LogP contribution in [0.3, 0.4) is 0 Å². The molecule has 6 nitrogen and oxygen atoms in total. The van der Waals surface area contributed by atoms with Gasteiger partial charge in [-0.05, 0) is 24.6 Å². The molecule has 1 aliphatic heterocycles. The van der Waals surface area contributed by atoms with Crippen molar-refractivity contribution in [3.63, 3.8) is 0 Å². The number of methoxy groups -OCH3 is 1. The van der Waals surface area contributed by atoms with Crippen LogP contribution in [-0.4, -0.2) is 42.8 Å². The number of rotatable bonds is 6. The van der Waals surface area contributed by atoms with Gasteiger partial charge in [0.2, 0.25) is 17.7 Å². The van der Waals surface area contributed by atoms with Gasteiger partial charge in [0, 0.05) is 25.0 Å². The van der Waals surface area contributed by atoms with Crippen LogP contribution in [0.5, 0.6) is 0 Å². The second-order valence-electron chi connectivity index (χ2n) is 5.60. The molecule has 0 aromatic heterocycles. The third kappa shape index (κ3) is 4.09. The Morgan fingerprint density at radius 1 is 1.35 bits per heavy atom. The molecule has 1 aromatic rings. The SMILES string of the molecule is COC(C)(CNC(=O)CN1C(=O)CCC1=O)c1cccc(Cl)c1. The standard InChI is InChI=1S/C16H19ClN2O4/c1-16(23-2,11-4-3-5-12(17)8-11)10-18-13(20)9-19-14(21)6-7-15(19)22/h3-5,8H,6-7,9-10H2,1-2H3,(H,18,20). The van der Waals surface area contributed by atoms with Crippen LogP contribution in [0, 0.1) is 0 Å². The maximum absolute atomic E-state index is 12.0. The van der Waals surface area contributed by atoms with E-state index < -0.39 is 11.5 Å². The molecule has 3 amide bonds. The van der Waals surface area contributed by atoms with Gasteiger partial charge in [0.1, 0.15) is 12.1 Å². The number of benzene rings is 1. The molecule has 0 spiro atoms. The van der Waals surface area contributed by atoms with Crippen LogP contribution in [0.1, 0.15) is 25.3 Å². The smallest absolute Gasteiger partial charge is 0.240 e. The van der Waals surface area contributed by atoms with Crippen LogP contribution >= 0.6 is 11.6 Å². The van der Waals surface area contributed by atoms with Gasteiger partial charge in [-0.15, -0.1) is 0 Å². The first kappa shape index (κ1) is 17.4. The number of hydrogen-bond acceptors (Lipinski definition) is 4. The van der Waals surface area contributed by atoms with Crippen molar-refractivity contribution in [3.05, 3.63) is 34.9 Å². The van der Waals surface area contributed by atoms with Gasteiger partial charge in [-0.2, -0.15) is 0 Å². The van der Waals surface area contributed by atoms with Crippen LogP contribution in [0.25, 0.3) is 0 Å². The summed E-state index contributed by atoms with van der Waals surface area (Å²) in [4.78, 5) is 36.0. The highest BCUT2D eigenvalue weighted by Crippen LogP contribution is 2.26. The Morgan fingerprint density at radius 2 is 2.00 bits per heavy atom. The van der Waals surface area contributed by atoms with E-state index in [2.05, 4.69) is 5.32 Å². The molecule has 1 aromatic carbocycles. The summed E-state index contributed by atoms with van der Waals surface area (Å²) in [7, 11) is 1.54. The van der Waals surface area contributed by atoms with Crippen molar-refractivity contribution < 1.29 is 19.1 Å². The molecule has 1 fully saturated rings. The van der Waals surface area contributed by atoms with Crippen molar-refractivity contribution in [1.29, 1.82) is 0 Å². The number of nitrogens with one attached hydrogen (secondary N) is 1. The first-order valence-corrected chi connectivity index (χ1v) is 7.64. The maximum atomic E-state index is 12.0. The number of halogens is 1. The molecule has 2 rings (SSSR count). The highest BCUT2D eigenvalue weighted by molar-refractivity contribution is 6.30. The van der Waals surface area contributed by atoms with Gasteiger partial charge in [-0.3, -0.25) is 19.3 Å². The molecule has 0 bridgehead atoms. The Kier molecular flexibility index (Phi) is 5.38. The number of imide groups is 1. The van der Waals surface area contributed by atoms with Crippen molar-refractivity contribution in [2.45, 2.75) is 25.4 Å². The highest BCUT2D eigenvalue weighted by atomic mass is 35.5. The molecule has 0 saturated carbocycles. The summed E-state index contributed by atoms with van der Waals surface area (Å²) < 4.78 is 5.52. The largest absolute Gasteiger partial charge is 0.372 e. The number of ether oxygens (including phenoxy) is 1. The van der Waals surface area contributed by atoms with Crippen molar-refractivity contribution in [2.24, 2.45) is 0 Å². The molecule has 1 aliphatic rings. The van der Waals surface area contributed by atoms with E-state index in [1.165, 1.54) is 0 Å². The van der Waals surface area contributed by atoms with Gasteiger partial charge in [0.05, 0.1) is 6.54 Å². The zero-order valence-electron chi connectivity index (χ0n) is 13.1. The summed E-state index contributed by atoms with van der Waals surface area (Å²) >= 11 is 5.99. The van der Waals surface area contributed by atoms with Crippen molar-refractivity contribution >= 4 is 29.3 Å². The summed E-state index contributed by atoms with van der Waals surface area (Å²) in [6.45, 7) is 1.76. The average Bonchev–Trinajstić information content (AvgIpc) is 2.84. The third-order valence-electron chi connectivity index (χ3n) is 3.97. The second-order valence-corrected chi connectivity index (χ2v) is 6.03. The predicted octanol–water partition coefficient (Wildman–Crippen LogP) is 1.47. The molecular formula is C16H19ClN2O4. The fraction of sp³-hybridized carbons (Fsp3) is 0.438. The lowest BCUT2D eigenvalue weighted by atomic mass is 9.95. The van der Waals surface area contributed by atoms with E-state index >= 15 is 0 Å². The molecular weight excluding hydrogens is 320 g/mol. The number of nitrogens with zero attached hydrogens (tertiary/aromatic N) is 1. The highest BCUT2D eigenvalue weighted by Gasteiger charge is 2.32. The molecule has 0 aliphatic carbocycles. The second kappa shape index (κ2) is 7.10. The first-order chi connectivity index (χ1) is 10.9. The molecule has 1 saturated heterocycles. The lowest BCUT2D eigenvalue weighted by molar-refractivity contribution is -0.142. The van der Waals surface area contributed by atoms with Gasteiger partial charge >= 0.3 is 0 Å². The van der Waals surface area contributed by atoms with Crippen molar-refractivity contribution in [1.82, 2.24) is 10.2 Å². The number of carbonyl (C=O) groups excluding carboxylic acids is 3. The minimum atomic E-state index is -0.764. The zero-order chi connectivity index (χ0) is 17.0. The van der Waals surface area contributed by atoms with E-state index in [1.54, 1.807) is 25.3 Å². The number of hydrogen-bond donors (Lipinski definition) is 1. The summed E-state index contributed by atoms with van der Waals surface area (Å²) in [6.07, 6.45) is 0.342. The lowest BCUT2D eigenvalue weighted by Crippen LogP contribution is -2.45. The lowest BCUT2D eigenvalue weighted by Gasteiger charge is -2.29. The molecule has 23 heavy (non-hydrogen) atoms. The Bertz CT molecular complexity index is 618. The van der Waals surface area contributed by atoms with Crippen LogP contribution in [-0.2, 0) is 24.7 Å². The zero-order valence-corrected chi connectivity index (χ0v) is 13.9. The first-order valence-electron chi connectivity index (χ1n) is 7.27. The minimum Gasteiger partial charge on any atom is -0.372 e. The molecule has 124 valence electrons. The molecule has 7 heteroatoms. The summed E-state index contributed by atoms with van der Waals surface area (Å²) in [6, 6.07) is 7.18. The molecule has 1 unspecified atom stereocenters. The predicted molar refractivity (Wildman–Crippen MR) is 84.8 cm³/mol. The topological polar surface area (TPSA) is 75.7 Å². The van der Waals surface area contributed by atoms with E-state index in [4.69, 9.17) is 16.3 Å². The molecule has 0 radical (unpaired) electrons. The Morgan fingerprint density at radius 3 is 2.57 bits per heavy atom. The summed E-state index contributed by atoms with van der Waals surface area (Å²) in [5.74, 6) is -1.03. The Labute approximate surface area is 139 Å². The van der Waals surface area contributed by atoms with Gasteiger partial charge < -0.3 is 10.1 Å². The van der Waals surface area contributed by atoms with E-state index in [0.717, 1.165) is 10.5 Å². The Hall–Kier alpha value is -1.92.